The molecule has 8 heteroatoms. The Morgan fingerprint density at radius 3 is 2.91 bits per heavy atom. The molecular formula is C25H25N5O3. The predicted molar refractivity (Wildman–Crippen MR) is 124 cm³/mol. The van der Waals surface area contributed by atoms with Gasteiger partial charge in [-0.2, -0.15) is 0 Å². The average molecular weight is 444 g/mol. The van der Waals surface area contributed by atoms with Gasteiger partial charge in [-0.3, -0.25) is 19.5 Å². The lowest BCUT2D eigenvalue weighted by Gasteiger charge is -2.27. The Bertz CT molecular complexity index is 1360. The Morgan fingerprint density at radius 2 is 2.09 bits per heavy atom. The lowest BCUT2D eigenvalue weighted by Crippen LogP contribution is -2.35. The number of carbonyl (C=O) groups excluding carboxylic acids is 1. The Hall–Kier alpha value is -3.78. The van der Waals surface area contributed by atoms with Crippen molar-refractivity contribution in [2.75, 3.05) is 13.2 Å². The topological polar surface area (TPSA) is 93.1 Å². The Morgan fingerprint density at radius 1 is 1.21 bits per heavy atom. The number of aromatic nitrogens is 4. The number of nitrogens with zero attached hydrogens (tertiary/aromatic N) is 4. The maximum Gasteiger partial charge on any atom is 0.325 e. The molecule has 1 aliphatic heterocycles. The maximum atomic E-state index is 12.7. The van der Waals surface area contributed by atoms with E-state index >= 15 is 0 Å². The van der Waals surface area contributed by atoms with E-state index in [0.29, 0.717) is 31.9 Å². The first-order chi connectivity index (χ1) is 16.1. The minimum Gasteiger partial charge on any atom is -0.465 e. The zero-order valence-electron chi connectivity index (χ0n) is 18.5. The molecule has 4 aromatic rings. The number of hydrogen-bond donors (Lipinski definition) is 1. The van der Waals surface area contributed by atoms with Crippen LogP contribution in [0.5, 0.6) is 0 Å². The van der Waals surface area contributed by atoms with Gasteiger partial charge in [0.1, 0.15) is 12.4 Å². The first kappa shape index (κ1) is 21.1. The third kappa shape index (κ3) is 4.29. The van der Waals surface area contributed by atoms with Gasteiger partial charge in [0.25, 0.3) is 5.56 Å². The number of benzene rings is 1. The highest BCUT2D eigenvalue weighted by Gasteiger charge is 2.23. The number of para-hydroxylation sites is 1. The third-order valence-corrected chi connectivity index (χ3v) is 5.96. The van der Waals surface area contributed by atoms with Crippen molar-refractivity contribution in [3.63, 3.8) is 0 Å². The molecule has 8 nitrogen and oxygen atoms in total. The third-order valence-electron chi connectivity index (χ3n) is 5.96. The van der Waals surface area contributed by atoms with Gasteiger partial charge >= 0.3 is 5.97 Å². The van der Waals surface area contributed by atoms with Crippen LogP contribution in [-0.4, -0.2) is 43.5 Å². The highest BCUT2D eigenvalue weighted by atomic mass is 16.5. The molecule has 0 saturated carbocycles. The van der Waals surface area contributed by atoms with Crippen molar-refractivity contribution in [2.24, 2.45) is 0 Å². The lowest BCUT2D eigenvalue weighted by atomic mass is 10.0. The van der Waals surface area contributed by atoms with Crippen molar-refractivity contribution in [3.8, 4) is 11.4 Å². The number of rotatable bonds is 6. The van der Waals surface area contributed by atoms with Crippen molar-refractivity contribution in [1.82, 2.24) is 24.4 Å². The molecular weight excluding hydrogens is 418 g/mol. The summed E-state index contributed by atoms with van der Waals surface area (Å²) in [4.78, 5) is 38.8. The average Bonchev–Trinajstić information content (AvgIpc) is 3.16. The van der Waals surface area contributed by atoms with Gasteiger partial charge in [-0.05, 0) is 37.1 Å². The number of pyridine rings is 1. The van der Waals surface area contributed by atoms with Gasteiger partial charge in [0.15, 0.2) is 0 Å². The van der Waals surface area contributed by atoms with Gasteiger partial charge in [-0.25, -0.2) is 4.98 Å². The number of esters is 1. The summed E-state index contributed by atoms with van der Waals surface area (Å²) in [6.45, 7) is 4.41. The largest absolute Gasteiger partial charge is 0.465 e. The van der Waals surface area contributed by atoms with Crippen molar-refractivity contribution >= 4 is 16.9 Å². The minimum absolute atomic E-state index is 0.0791. The van der Waals surface area contributed by atoms with Crippen LogP contribution in [0.25, 0.3) is 22.3 Å². The van der Waals surface area contributed by atoms with Crippen molar-refractivity contribution in [2.45, 2.75) is 33.0 Å². The van der Waals surface area contributed by atoms with E-state index in [1.165, 1.54) is 0 Å². The number of nitrogens with one attached hydrogen (secondary N) is 1. The van der Waals surface area contributed by atoms with E-state index in [1.807, 2.05) is 48.0 Å². The molecule has 0 fully saturated rings. The summed E-state index contributed by atoms with van der Waals surface area (Å²) in [7, 11) is 0. The van der Waals surface area contributed by atoms with E-state index in [2.05, 4.69) is 20.9 Å². The Balaban J connectivity index is 1.41. The molecule has 4 heterocycles. The lowest BCUT2D eigenvalue weighted by molar-refractivity contribution is -0.143. The highest BCUT2D eigenvalue weighted by molar-refractivity contribution is 5.85. The van der Waals surface area contributed by atoms with Crippen molar-refractivity contribution in [3.05, 3.63) is 82.2 Å². The fourth-order valence-corrected chi connectivity index (χ4v) is 4.43. The van der Waals surface area contributed by atoms with Crippen LogP contribution in [0, 0.1) is 0 Å². The first-order valence-corrected chi connectivity index (χ1v) is 11.1. The zero-order chi connectivity index (χ0) is 22.8. The smallest absolute Gasteiger partial charge is 0.325 e. The van der Waals surface area contributed by atoms with E-state index in [9.17, 15) is 9.59 Å². The molecule has 0 bridgehead atoms. The molecule has 33 heavy (non-hydrogen) atoms. The minimum atomic E-state index is -0.247. The summed E-state index contributed by atoms with van der Waals surface area (Å²) in [5.74, 6) is 0.294. The normalized spacial score (nSPS) is 13.7. The molecule has 0 radical (unpaired) electrons. The number of hydrogen-bond acceptors (Lipinski definition) is 6. The van der Waals surface area contributed by atoms with E-state index in [-0.39, 0.29) is 18.1 Å². The molecule has 168 valence electrons. The molecule has 0 spiro atoms. The fraction of sp³-hybridized carbons (Fsp3) is 0.280. The molecule has 0 atom stereocenters. The van der Waals surface area contributed by atoms with Crippen LogP contribution in [0.4, 0.5) is 0 Å². The summed E-state index contributed by atoms with van der Waals surface area (Å²) < 4.78 is 7.08. The van der Waals surface area contributed by atoms with Gasteiger partial charge in [0.05, 0.1) is 12.3 Å². The molecule has 0 aliphatic carbocycles. The number of aromatic amines is 1. The number of ether oxygens (including phenoxy) is 1. The van der Waals surface area contributed by atoms with Gasteiger partial charge in [0.2, 0.25) is 0 Å². The predicted octanol–water partition coefficient (Wildman–Crippen LogP) is 2.91. The monoisotopic (exact) mass is 443 g/mol. The second-order valence-corrected chi connectivity index (χ2v) is 8.15. The first-order valence-electron chi connectivity index (χ1n) is 11.1. The van der Waals surface area contributed by atoms with Crippen molar-refractivity contribution < 1.29 is 9.53 Å². The van der Waals surface area contributed by atoms with Crippen LogP contribution in [0.15, 0.2) is 59.8 Å². The summed E-state index contributed by atoms with van der Waals surface area (Å²) in [6.07, 6.45) is 6.07. The Labute approximate surface area is 190 Å². The molecule has 0 saturated heterocycles. The molecule has 1 aliphatic rings. The van der Waals surface area contributed by atoms with Crippen LogP contribution < -0.4 is 5.56 Å². The number of fused-ring (bicyclic) bond motifs is 2. The zero-order valence-corrected chi connectivity index (χ0v) is 18.5. The second kappa shape index (κ2) is 8.99. The molecule has 0 unspecified atom stereocenters. The van der Waals surface area contributed by atoms with E-state index in [4.69, 9.17) is 9.72 Å². The van der Waals surface area contributed by atoms with E-state index < -0.39 is 0 Å². The molecule has 5 rings (SSSR count). The van der Waals surface area contributed by atoms with E-state index in [0.717, 1.165) is 39.8 Å². The number of H-pyrrole nitrogens is 1. The second-order valence-electron chi connectivity index (χ2n) is 8.15. The fourth-order valence-electron chi connectivity index (χ4n) is 4.43. The van der Waals surface area contributed by atoms with Crippen LogP contribution >= 0.6 is 0 Å². The van der Waals surface area contributed by atoms with Crippen LogP contribution in [0.1, 0.15) is 23.7 Å². The molecule has 1 aromatic carbocycles. The van der Waals surface area contributed by atoms with Gasteiger partial charge in [-0.1, -0.05) is 18.2 Å². The highest BCUT2D eigenvalue weighted by Crippen LogP contribution is 2.25. The molecule has 1 N–H and O–H groups in total. The quantitative estimate of drug-likeness (QED) is 0.461. The number of carbonyl (C=O) groups is 1. The Kier molecular flexibility index (Phi) is 5.75. The summed E-state index contributed by atoms with van der Waals surface area (Å²) in [5.41, 5.74) is 4.41. The summed E-state index contributed by atoms with van der Waals surface area (Å²) in [6, 6.07) is 11.8. The summed E-state index contributed by atoms with van der Waals surface area (Å²) >= 11 is 0. The van der Waals surface area contributed by atoms with Crippen LogP contribution in [-0.2, 0) is 35.6 Å². The van der Waals surface area contributed by atoms with E-state index in [1.54, 1.807) is 12.4 Å². The SMILES string of the molecule is CCOC(=O)Cn1cc(CN2CCc3c(nc(-c4cccnc4)[nH]c3=O)C2)c2ccccc21. The summed E-state index contributed by atoms with van der Waals surface area (Å²) in [5, 5.41) is 1.11. The molecule has 3 aromatic heterocycles. The molecule has 0 amide bonds. The maximum absolute atomic E-state index is 12.7. The van der Waals surface area contributed by atoms with Crippen molar-refractivity contribution in [1.29, 1.82) is 0 Å². The van der Waals surface area contributed by atoms with Gasteiger partial charge in [-0.15, -0.1) is 0 Å². The van der Waals surface area contributed by atoms with Crippen LogP contribution in [0.3, 0.4) is 0 Å². The van der Waals surface area contributed by atoms with Gasteiger partial charge < -0.3 is 14.3 Å². The standard InChI is InChI=1S/C25H25N5O3/c1-2-33-23(31)16-30-14-18(19-7-3-4-8-22(19)30)13-29-11-9-20-21(15-29)27-24(28-25(20)32)17-6-5-10-26-12-17/h3-8,10,12,14H,2,9,11,13,15-16H2,1H3,(H,27,28,32). The van der Waals surface area contributed by atoms with Crippen LogP contribution in [0.2, 0.25) is 0 Å². The van der Waals surface area contributed by atoms with Gasteiger partial charge in [0, 0.05) is 60.3 Å².